The summed E-state index contributed by atoms with van der Waals surface area (Å²) in [7, 11) is 0. The summed E-state index contributed by atoms with van der Waals surface area (Å²) < 4.78 is 51.0. The number of carbonyl (C=O) groups excluding carboxylic acids is 1. The predicted octanol–water partition coefficient (Wildman–Crippen LogP) is 7.38. The SMILES string of the molecule is CC(C)(CC(C)(C)C(F)(F)F)Oc1ccc(C(=O)Oc2ccc(/C=C/c3ccc(N)cc3N)cc2)cc1. The molecule has 0 saturated carbocycles. The molecule has 0 unspecified atom stereocenters. The van der Waals surface area contributed by atoms with Crippen molar-refractivity contribution in [1.29, 1.82) is 0 Å². The van der Waals surface area contributed by atoms with Crippen LogP contribution in [0.2, 0.25) is 0 Å². The van der Waals surface area contributed by atoms with Crippen LogP contribution < -0.4 is 20.9 Å². The lowest BCUT2D eigenvalue weighted by molar-refractivity contribution is -0.223. The zero-order chi connectivity index (χ0) is 27.4. The standard InChI is InChI=1S/C29H31F3N2O3/c1-27(2,29(30,31)32)18-28(3,4)37-24-15-10-21(11-16-24)26(35)36-23-13-6-19(7-14-23)5-8-20-9-12-22(33)17-25(20)34/h5-17H,18,33-34H2,1-4H3/b8-5+. The molecule has 0 atom stereocenters. The van der Waals surface area contributed by atoms with Crippen molar-refractivity contribution >= 4 is 29.5 Å². The van der Waals surface area contributed by atoms with E-state index < -0.39 is 23.2 Å². The first-order chi connectivity index (χ1) is 17.1. The molecular formula is C29H31F3N2O3. The van der Waals surface area contributed by atoms with Crippen LogP contribution in [0, 0.1) is 5.41 Å². The Balaban J connectivity index is 1.59. The minimum atomic E-state index is -4.35. The van der Waals surface area contributed by atoms with E-state index in [0.29, 0.717) is 22.9 Å². The number of rotatable bonds is 8. The number of nitrogen functional groups attached to an aromatic ring is 2. The molecule has 0 bridgehead atoms. The summed E-state index contributed by atoms with van der Waals surface area (Å²) >= 11 is 0. The number of esters is 1. The second kappa shape index (κ2) is 10.6. The summed E-state index contributed by atoms with van der Waals surface area (Å²) in [6, 6.07) is 18.3. The van der Waals surface area contributed by atoms with Gasteiger partial charge in [-0.1, -0.05) is 44.2 Å². The van der Waals surface area contributed by atoms with Gasteiger partial charge in [0.15, 0.2) is 0 Å². The summed E-state index contributed by atoms with van der Waals surface area (Å²) in [5.74, 6) is 0.157. The van der Waals surface area contributed by atoms with Crippen LogP contribution in [0.4, 0.5) is 24.5 Å². The van der Waals surface area contributed by atoms with Gasteiger partial charge in [0.05, 0.1) is 11.0 Å². The van der Waals surface area contributed by atoms with Crippen molar-refractivity contribution in [2.75, 3.05) is 11.5 Å². The number of nitrogens with two attached hydrogens (primary N) is 2. The van der Waals surface area contributed by atoms with Crippen LogP contribution in [-0.4, -0.2) is 17.7 Å². The van der Waals surface area contributed by atoms with Gasteiger partial charge in [-0.3, -0.25) is 0 Å². The Morgan fingerprint density at radius 3 is 2.00 bits per heavy atom. The molecule has 4 N–H and O–H groups in total. The van der Waals surface area contributed by atoms with Gasteiger partial charge in [-0.25, -0.2) is 4.79 Å². The van der Waals surface area contributed by atoms with Crippen LogP contribution in [0.25, 0.3) is 12.2 Å². The molecule has 37 heavy (non-hydrogen) atoms. The molecule has 3 aromatic carbocycles. The van der Waals surface area contributed by atoms with Gasteiger partial charge in [-0.15, -0.1) is 0 Å². The largest absolute Gasteiger partial charge is 0.488 e. The fourth-order valence-corrected chi connectivity index (χ4v) is 3.92. The predicted molar refractivity (Wildman–Crippen MR) is 141 cm³/mol. The Labute approximate surface area is 214 Å². The quantitative estimate of drug-likeness (QED) is 0.142. The van der Waals surface area contributed by atoms with Crippen molar-refractivity contribution in [2.24, 2.45) is 5.41 Å². The molecule has 0 amide bonds. The van der Waals surface area contributed by atoms with E-state index in [0.717, 1.165) is 25.0 Å². The van der Waals surface area contributed by atoms with Crippen LogP contribution in [0.3, 0.4) is 0 Å². The van der Waals surface area contributed by atoms with Gasteiger partial charge < -0.3 is 20.9 Å². The smallest absolute Gasteiger partial charge is 0.394 e. The van der Waals surface area contributed by atoms with Crippen LogP contribution in [0.1, 0.15) is 55.6 Å². The van der Waals surface area contributed by atoms with Crippen molar-refractivity contribution in [3.8, 4) is 11.5 Å². The average molecular weight is 513 g/mol. The second-order valence-electron chi connectivity index (χ2n) is 10.1. The Kier molecular flexibility index (Phi) is 7.91. The lowest BCUT2D eigenvalue weighted by Crippen LogP contribution is -2.41. The third-order valence-corrected chi connectivity index (χ3v) is 5.78. The first kappa shape index (κ1) is 27.6. The maximum Gasteiger partial charge on any atom is 0.394 e. The third kappa shape index (κ3) is 7.52. The minimum absolute atomic E-state index is 0.230. The summed E-state index contributed by atoms with van der Waals surface area (Å²) in [5, 5.41) is 0. The number of hydrogen-bond acceptors (Lipinski definition) is 5. The number of halogens is 3. The van der Waals surface area contributed by atoms with Gasteiger partial charge in [0.2, 0.25) is 0 Å². The molecule has 3 rings (SSSR count). The maximum atomic E-state index is 13.3. The van der Waals surface area contributed by atoms with Gasteiger partial charge in [-0.05, 0) is 73.5 Å². The number of ether oxygens (including phenoxy) is 2. The molecule has 5 nitrogen and oxygen atoms in total. The fourth-order valence-electron chi connectivity index (χ4n) is 3.92. The monoisotopic (exact) mass is 512 g/mol. The molecule has 0 spiro atoms. The lowest BCUT2D eigenvalue weighted by atomic mass is 9.81. The first-order valence-corrected chi connectivity index (χ1v) is 11.7. The van der Waals surface area contributed by atoms with Crippen LogP contribution in [0.5, 0.6) is 11.5 Å². The molecule has 0 radical (unpaired) electrons. The van der Waals surface area contributed by atoms with Crippen molar-refractivity contribution in [3.63, 3.8) is 0 Å². The number of hydrogen-bond donors (Lipinski definition) is 2. The van der Waals surface area contributed by atoms with Crippen LogP contribution in [-0.2, 0) is 0 Å². The highest BCUT2D eigenvalue weighted by atomic mass is 19.4. The lowest BCUT2D eigenvalue weighted by Gasteiger charge is -2.36. The van der Waals surface area contributed by atoms with Gasteiger partial charge in [0.25, 0.3) is 0 Å². The summed E-state index contributed by atoms with van der Waals surface area (Å²) in [5.41, 5.74) is 11.9. The van der Waals surface area contributed by atoms with E-state index in [9.17, 15) is 18.0 Å². The first-order valence-electron chi connectivity index (χ1n) is 11.7. The molecule has 0 saturated heterocycles. The highest BCUT2D eigenvalue weighted by molar-refractivity contribution is 5.91. The zero-order valence-electron chi connectivity index (χ0n) is 21.2. The molecule has 0 heterocycles. The van der Waals surface area contributed by atoms with E-state index in [1.807, 2.05) is 18.2 Å². The number of anilines is 2. The third-order valence-electron chi connectivity index (χ3n) is 5.78. The van der Waals surface area contributed by atoms with Gasteiger partial charge in [0.1, 0.15) is 17.1 Å². The summed E-state index contributed by atoms with van der Waals surface area (Å²) in [4.78, 5) is 12.5. The molecular weight excluding hydrogens is 481 g/mol. The Bertz CT molecular complexity index is 1260. The number of alkyl halides is 3. The van der Waals surface area contributed by atoms with Gasteiger partial charge >= 0.3 is 12.1 Å². The topological polar surface area (TPSA) is 87.6 Å². The molecule has 0 aliphatic carbocycles. The van der Waals surface area contributed by atoms with Crippen molar-refractivity contribution in [2.45, 2.75) is 45.9 Å². The number of benzene rings is 3. The molecule has 0 fully saturated rings. The van der Waals surface area contributed by atoms with Crippen molar-refractivity contribution in [3.05, 3.63) is 83.4 Å². The molecule has 0 aromatic heterocycles. The zero-order valence-corrected chi connectivity index (χ0v) is 21.2. The van der Waals surface area contributed by atoms with Crippen LogP contribution in [0.15, 0.2) is 66.7 Å². The van der Waals surface area contributed by atoms with E-state index in [1.54, 1.807) is 50.2 Å². The Morgan fingerprint density at radius 1 is 0.838 bits per heavy atom. The van der Waals surface area contributed by atoms with E-state index in [4.69, 9.17) is 20.9 Å². The van der Waals surface area contributed by atoms with Gasteiger partial charge in [-0.2, -0.15) is 13.2 Å². The molecule has 196 valence electrons. The van der Waals surface area contributed by atoms with Crippen molar-refractivity contribution in [1.82, 2.24) is 0 Å². The summed E-state index contributed by atoms with van der Waals surface area (Å²) in [6.07, 6.45) is -0.832. The summed E-state index contributed by atoms with van der Waals surface area (Å²) in [6.45, 7) is 5.50. The normalized spacial score (nSPS) is 12.5. The van der Waals surface area contributed by atoms with Crippen molar-refractivity contribution < 1.29 is 27.4 Å². The van der Waals surface area contributed by atoms with Gasteiger partial charge in [0, 0.05) is 17.8 Å². The molecule has 0 aliphatic heterocycles. The van der Waals surface area contributed by atoms with E-state index >= 15 is 0 Å². The second-order valence-corrected chi connectivity index (χ2v) is 10.1. The van der Waals surface area contributed by atoms with E-state index in [-0.39, 0.29) is 12.0 Å². The minimum Gasteiger partial charge on any atom is -0.488 e. The molecule has 8 heteroatoms. The average Bonchev–Trinajstić information content (AvgIpc) is 2.78. The van der Waals surface area contributed by atoms with E-state index in [2.05, 4.69) is 0 Å². The van der Waals surface area contributed by atoms with E-state index in [1.165, 1.54) is 24.3 Å². The maximum absolute atomic E-state index is 13.3. The number of carbonyl (C=O) groups is 1. The molecule has 0 aliphatic rings. The highest BCUT2D eigenvalue weighted by Crippen LogP contribution is 2.44. The Hall–Kier alpha value is -3.94. The molecule has 3 aromatic rings. The Morgan fingerprint density at radius 2 is 1.43 bits per heavy atom. The highest BCUT2D eigenvalue weighted by Gasteiger charge is 2.50. The van der Waals surface area contributed by atoms with Crippen LogP contribution >= 0.6 is 0 Å². The fraction of sp³-hybridized carbons (Fsp3) is 0.276.